The Bertz CT molecular complexity index is 2540. The molecule has 10 rings (SSSR count). The first-order chi connectivity index (χ1) is 30.6. The van der Waals surface area contributed by atoms with E-state index < -0.39 is 29.4 Å². The molecule has 0 radical (unpaired) electrons. The lowest BCUT2D eigenvalue weighted by molar-refractivity contribution is -0.199. The van der Waals surface area contributed by atoms with E-state index in [1.54, 1.807) is 7.11 Å². The van der Waals surface area contributed by atoms with Crippen molar-refractivity contribution < 1.29 is 33.0 Å². The van der Waals surface area contributed by atoms with Crippen molar-refractivity contribution in [3.8, 4) is 5.75 Å². The minimum absolute atomic E-state index is 0.0135. The molecule has 8 nitrogen and oxygen atoms in total. The molecule has 1 aromatic heterocycles. The number of allylic oxidation sites excluding steroid dienone is 1. The Labute approximate surface area is 371 Å². The van der Waals surface area contributed by atoms with Crippen LogP contribution in [0.4, 0.5) is 0 Å². The maximum absolute atomic E-state index is 15.0. The minimum atomic E-state index is -1.09. The first kappa shape index (κ1) is 42.8. The predicted octanol–water partition coefficient (Wildman–Crippen LogP) is 11.5. The molecule has 63 heavy (non-hydrogen) atoms. The van der Waals surface area contributed by atoms with Crippen LogP contribution in [-0.2, 0) is 43.1 Å². The van der Waals surface area contributed by atoms with Gasteiger partial charge in [-0.3, -0.25) is 4.79 Å². The van der Waals surface area contributed by atoms with Gasteiger partial charge < -0.3 is 23.4 Å². The number of methoxy groups -OCH3 is 1. The van der Waals surface area contributed by atoms with E-state index >= 15 is 0 Å². The average molecular weight is 849 g/mol. The lowest BCUT2D eigenvalue weighted by Crippen LogP contribution is -2.58. The van der Waals surface area contributed by atoms with Crippen LogP contribution >= 0.6 is 0 Å². The summed E-state index contributed by atoms with van der Waals surface area (Å²) in [5, 5.41) is 0.665. The van der Waals surface area contributed by atoms with Crippen molar-refractivity contribution in [1.82, 2.24) is 0 Å². The SMILES string of the molecule is COCCc1cc2ccc3c(c2oc1=O)C1OC(=O)CC2CC(c4cccc(Cc5ccccc5)c4)CCC2c2ccc(cc2)CCC(=C(C)C)C(=O)OC1C(C)(C1CCCC1)O3. The highest BCUT2D eigenvalue weighted by Gasteiger charge is 2.57. The topological polar surface area (TPSA) is 101 Å². The van der Waals surface area contributed by atoms with Gasteiger partial charge in [0.05, 0.1) is 12.2 Å². The maximum Gasteiger partial charge on any atom is 0.339 e. The zero-order chi connectivity index (χ0) is 43.7. The Morgan fingerprint density at radius 2 is 1.57 bits per heavy atom. The van der Waals surface area contributed by atoms with Crippen LogP contribution in [0.1, 0.15) is 135 Å². The van der Waals surface area contributed by atoms with Gasteiger partial charge in [0.2, 0.25) is 0 Å². The number of hydrogen-bond acceptors (Lipinski definition) is 8. The monoisotopic (exact) mass is 848 g/mol. The van der Waals surface area contributed by atoms with Crippen LogP contribution in [0.15, 0.2) is 117 Å². The Kier molecular flexibility index (Phi) is 12.5. The third-order valence-electron chi connectivity index (χ3n) is 14.7. The summed E-state index contributed by atoms with van der Waals surface area (Å²) in [6, 6.07) is 33.9. The molecule has 2 aliphatic carbocycles. The lowest BCUT2D eigenvalue weighted by Gasteiger charge is -2.48. The molecule has 3 aliphatic heterocycles. The van der Waals surface area contributed by atoms with Crippen LogP contribution in [0.5, 0.6) is 5.75 Å². The van der Waals surface area contributed by atoms with Gasteiger partial charge in [-0.05, 0) is 136 Å². The summed E-state index contributed by atoms with van der Waals surface area (Å²) in [5.74, 6) is 0.0879. The van der Waals surface area contributed by atoms with E-state index in [1.807, 2.05) is 45.0 Å². The van der Waals surface area contributed by atoms with Crippen molar-refractivity contribution in [1.29, 1.82) is 0 Å². The summed E-state index contributed by atoms with van der Waals surface area (Å²) in [6.07, 6.45) is 7.07. The number of carbonyl (C=O) groups excluding carboxylic acids is 2. The van der Waals surface area contributed by atoms with Crippen LogP contribution < -0.4 is 10.4 Å². The lowest BCUT2D eigenvalue weighted by atomic mass is 9.68. The first-order valence-electron chi connectivity index (χ1n) is 23.1. The van der Waals surface area contributed by atoms with Crippen molar-refractivity contribution in [2.24, 2.45) is 11.8 Å². The molecule has 8 heteroatoms. The largest absolute Gasteiger partial charge is 0.483 e. The number of ether oxygens (including phenoxy) is 4. The van der Waals surface area contributed by atoms with Crippen LogP contribution in [0.25, 0.3) is 11.0 Å². The maximum atomic E-state index is 15.0. The van der Waals surface area contributed by atoms with Crippen molar-refractivity contribution in [3.05, 3.63) is 158 Å². The second-order valence-corrected chi connectivity index (χ2v) is 18.9. The van der Waals surface area contributed by atoms with Crippen molar-refractivity contribution in [3.63, 3.8) is 0 Å². The number of hydrogen-bond donors (Lipinski definition) is 0. The second kappa shape index (κ2) is 18.3. The Morgan fingerprint density at radius 3 is 2.33 bits per heavy atom. The third kappa shape index (κ3) is 8.89. The molecule has 6 atom stereocenters. The smallest absolute Gasteiger partial charge is 0.339 e. The van der Waals surface area contributed by atoms with Crippen molar-refractivity contribution in [2.45, 2.75) is 127 Å². The van der Waals surface area contributed by atoms with Gasteiger partial charge in [0.25, 0.3) is 0 Å². The molecule has 5 aromatic rings. The van der Waals surface area contributed by atoms with Gasteiger partial charge in [0.1, 0.15) is 16.9 Å². The number of esters is 2. The molecule has 2 bridgehead atoms. The first-order valence-corrected chi connectivity index (χ1v) is 23.1. The van der Waals surface area contributed by atoms with E-state index in [2.05, 4.69) is 72.8 Å². The van der Waals surface area contributed by atoms with Crippen molar-refractivity contribution >= 4 is 22.9 Å². The predicted molar refractivity (Wildman–Crippen MR) is 244 cm³/mol. The van der Waals surface area contributed by atoms with E-state index in [-0.39, 0.29) is 41.6 Å². The summed E-state index contributed by atoms with van der Waals surface area (Å²) in [6.45, 7) is 6.25. The fourth-order valence-electron chi connectivity index (χ4n) is 11.2. The normalized spacial score (nSPS) is 25.4. The fraction of sp³-hybridized carbons (Fsp3) is 0.436. The summed E-state index contributed by atoms with van der Waals surface area (Å²) in [4.78, 5) is 43.2. The zero-order valence-corrected chi connectivity index (χ0v) is 37.2. The van der Waals surface area contributed by atoms with Crippen molar-refractivity contribution in [2.75, 3.05) is 13.7 Å². The number of fused-ring (bicyclic) bond motifs is 11. The summed E-state index contributed by atoms with van der Waals surface area (Å²) >= 11 is 0. The third-order valence-corrected chi connectivity index (χ3v) is 14.7. The fourth-order valence-corrected chi connectivity index (χ4v) is 11.2. The Hall–Kier alpha value is -5.47. The van der Waals surface area contributed by atoms with Crippen LogP contribution in [-0.4, -0.2) is 37.4 Å². The molecule has 4 aromatic carbocycles. The van der Waals surface area contributed by atoms with Crippen LogP contribution in [0.2, 0.25) is 0 Å². The summed E-state index contributed by atoms with van der Waals surface area (Å²) in [5.41, 5.74) is 7.34. The molecule has 2 fully saturated rings. The standard InChI is InChI=1S/C55H60O8/c1-34(2)45-24-19-35-17-20-38(21-18-35)46-25-22-40(39-14-10-13-37(30-39)29-36-11-6-5-7-12-36)31-43(46)33-48(56)60-51-49-47(26-23-41-32-42(27-28-59-4)53(57)61-50(41)49)63-55(3,44-15-8-9-16-44)52(51)62-54(45)58/h5-7,10-14,17-18,20-21,23,26,30,32,40,43-44,46,51-52H,8-9,15-16,19,22,24-25,27-29,31,33H2,1-4H3. The van der Waals surface area contributed by atoms with E-state index in [0.29, 0.717) is 53.7 Å². The van der Waals surface area contributed by atoms with E-state index in [0.717, 1.165) is 62.5 Å². The highest BCUT2D eigenvalue weighted by molar-refractivity contribution is 5.90. The molecule has 0 N–H and O–H groups in total. The summed E-state index contributed by atoms with van der Waals surface area (Å²) < 4.78 is 32.1. The quantitative estimate of drug-likeness (QED) is 0.0907. The van der Waals surface area contributed by atoms with Gasteiger partial charge >= 0.3 is 17.6 Å². The van der Waals surface area contributed by atoms with Crippen LogP contribution in [0, 0.1) is 11.8 Å². The molecule has 0 amide bonds. The second-order valence-electron chi connectivity index (χ2n) is 18.9. The van der Waals surface area contributed by atoms with E-state index in [9.17, 15) is 14.4 Å². The Morgan fingerprint density at radius 1 is 0.794 bits per heavy atom. The molecular formula is C55H60O8. The molecule has 328 valence electrons. The van der Waals surface area contributed by atoms with E-state index in [1.165, 1.54) is 22.3 Å². The highest BCUT2D eigenvalue weighted by atomic mass is 16.6. The van der Waals surface area contributed by atoms with Gasteiger partial charge in [-0.25, -0.2) is 9.59 Å². The number of aryl methyl sites for hydroxylation is 1. The molecule has 6 unspecified atom stereocenters. The minimum Gasteiger partial charge on any atom is -0.483 e. The highest BCUT2D eigenvalue weighted by Crippen LogP contribution is 2.53. The average Bonchev–Trinajstić information content (AvgIpc) is 3.84. The van der Waals surface area contributed by atoms with Gasteiger partial charge in [0.15, 0.2) is 12.2 Å². The molecular weight excluding hydrogens is 789 g/mol. The Balaban J connectivity index is 1.13. The molecule has 2 saturated carbocycles. The van der Waals surface area contributed by atoms with Gasteiger partial charge in [-0.15, -0.1) is 0 Å². The molecule has 0 spiro atoms. The van der Waals surface area contributed by atoms with Gasteiger partial charge in [-0.2, -0.15) is 0 Å². The summed E-state index contributed by atoms with van der Waals surface area (Å²) in [7, 11) is 1.60. The number of benzene rings is 4. The number of rotatable bonds is 7. The van der Waals surface area contributed by atoms with Gasteiger partial charge in [0, 0.05) is 42.4 Å². The van der Waals surface area contributed by atoms with E-state index in [4.69, 9.17) is 23.4 Å². The molecule has 4 heterocycles. The number of carbonyl (C=O) groups is 2. The zero-order valence-electron chi connectivity index (χ0n) is 37.2. The molecule has 5 aliphatic rings. The molecule has 0 saturated heterocycles. The van der Waals surface area contributed by atoms with Gasteiger partial charge in [-0.1, -0.05) is 97.3 Å². The van der Waals surface area contributed by atoms with Crippen LogP contribution in [0.3, 0.4) is 0 Å².